The fourth-order valence-electron chi connectivity index (χ4n) is 2.06. The quantitative estimate of drug-likeness (QED) is 0.707. The van der Waals surface area contributed by atoms with E-state index in [9.17, 15) is 9.18 Å². The molecule has 0 N–H and O–H groups in total. The van der Waals surface area contributed by atoms with Gasteiger partial charge in [-0.25, -0.2) is 4.39 Å². The van der Waals surface area contributed by atoms with Gasteiger partial charge in [0.05, 0.1) is 0 Å². The van der Waals surface area contributed by atoms with Gasteiger partial charge in [0.15, 0.2) is 5.78 Å². The van der Waals surface area contributed by atoms with Gasteiger partial charge in [0.25, 0.3) is 0 Å². The van der Waals surface area contributed by atoms with Gasteiger partial charge >= 0.3 is 0 Å². The van der Waals surface area contributed by atoms with E-state index in [1.807, 2.05) is 0 Å². The Morgan fingerprint density at radius 1 is 1.35 bits per heavy atom. The molecule has 2 rings (SSSR count). The highest BCUT2D eigenvalue weighted by Crippen LogP contribution is 2.26. The van der Waals surface area contributed by atoms with E-state index in [0.717, 1.165) is 13.1 Å². The van der Waals surface area contributed by atoms with Crippen molar-refractivity contribution in [2.24, 2.45) is 0 Å². The Hall–Kier alpha value is -1.22. The first-order valence-corrected chi connectivity index (χ1v) is 6.23. The highest BCUT2D eigenvalue weighted by Gasteiger charge is 2.27. The van der Waals surface area contributed by atoms with E-state index in [-0.39, 0.29) is 11.6 Å². The van der Waals surface area contributed by atoms with Gasteiger partial charge < -0.3 is 4.90 Å². The third kappa shape index (κ3) is 3.37. The van der Waals surface area contributed by atoms with Crippen LogP contribution in [0, 0.1) is 5.82 Å². The molecule has 0 aliphatic heterocycles. The SMILES string of the molecule is CCN(CCC(=O)c1ccc(F)cc1)C1CC1. The summed E-state index contributed by atoms with van der Waals surface area (Å²) in [5, 5.41) is 0. The van der Waals surface area contributed by atoms with Gasteiger partial charge in [0, 0.05) is 24.6 Å². The van der Waals surface area contributed by atoms with Crippen LogP contribution in [0.5, 0.6) is 0 Å². The third-order valence-electron chi connectivity index (χ3n) is 3.26. The number of rotatable bonds is 6. The standard InChI is InChI=1S/C14H18FNO/c1-2-16(13-7-8-13)10-9-14(17)11-3-5-12(15)6-4-11/h3-6,13H,2,7-10H2,1H3. The van der Waals surface area contributed by atoms with Gasteiger partial charge in [0.1, 0.15) is 5.82 Å². The van der Waals surface area contributed by atoms with Crippen LogP contribution in [0.4, 0.5) is 4.39 Å². The second-order valence-electron chi connectivity index (χ2n) is 4.54. The van der Waals surface area contributed by atoms with Crippen LogP contribution in [-0.4, -0.2) is 29.8 Å². The van der Waals surface area contributed by atoms with Crippen molar-refractivity contribution < 1.29 is 9.18 Å². The zero-order valence-electron chi connectivity index (χ0n) is 10.2. The first-order valence-electron chi connectivity index (χ1n) is 6.23. The molecule has 0 radical (unpaired) electrons. The van der Waals surface area contributed by atoms with Crippen molar-refractivity contribution in [1.82, 2.24) is 4.90 Å². The van der Waals surface area contributed by atoms with Crippen molar-refractivity contribution in [2.75, 3.05) is 13.1 Å². The van der Waals surface area contributed by atoms with Crippen molar-refractivity contribution in [3.8, 4) is 0 Å². The van der Waals surface area contributed by atoms with Crippen LogP contribution in [0.2, 0.25) is 0 Å². The summed E-state index contributed by atoms with van der Waals surface area (Å²) in [6.45, 7) is 3.94. The molecular formula is C14H18FNO. The highest BCUT2D eigenvalue weighted by molar-refractivity contribution is 5.96. The van der Waals surface area contributed by atoms with E-state index in [1.165, 1.54) is 25.0 Å². The maximum absolute atomic E-state index is 12.7. The van der Waals surface area contributed by atoms with E-state index < -0.39 is 0 Å². The summed E-state index contributed by atoms with van der Waals surface area (Å²) in [4.78, 5) is 14.2. The predicted octanol–water partition coefficient (Wildman–Crippen LogP) is 2.88. The lowest BCUT2D eigenvalue weighted by Gasteiger charge is -2.18. The number of nitrogens with zero attached hydrogens (tertiary/aromatic N) is 1. The Labute approximate surface area is 101 Å². The molecule has 0 saturated heterocycles. The molecule has 0 spiro atoms. The lowest BCUT2D eigenvalue weighted by atomic mass is 10.1. The van der Waals surface area contributed by atoms with E-state index in [2.05, 4.69) is 11.8 Å². The molecule has 1 aliphatic rings. The lowest BCUT2D eigenvalue weighted by Crippen LogP contribution is -2.28. The number of carbonyl (C=O) groups excluding carboxylic acids is 1. The molecule has 1 fully saturated rings. The molecule has 1 saturated carbocycles. The molecule has 2 nitrogen and oxygen atoms in total. The number of Topliss-reactive ketones (excluding diaryl/α,β-unsaturated/α-hetero) is 1. The zero-order valence-corrected chi connectivity index (χ0v) is 10.2. The fourth-order valence-corrected chi connectivity index (χ4v) is 2.06. The van der Waals surface area contributed by atoms with Gasteiger partial charge in [-0.15, -0.1) is 0 Å². The lowest BCUT2D eigenvalue weighted by molar-refractivity contribution is 0.0963. The molecule has 0 aromatic heterocycles. The molecule has 0 heterocycles. The second kappa shape index (κ2) is 5.41. The monoisotopic (exact) mass is 235 g/mol. The first kappa shape index (κ1) is 12.2. The molecule has 3 heteroatoms. The molecule has 17 heavy (non-hydrogen) atoms. The van der Waals surface area contributed by atoms with E-state index >= 15 is 0 Å². The number of ketones is 1. The Kier molecular flexibility index (Phi) is 3.89. The Balaban J connectivity index is 1.86. The number of carbonyl (C=O) groups is 1. The molecule has 0 unspecified atom stereocenters. The predicted molar refractivity (Wildman–Crippen MR) is 65.6 cm³/mol. The van der Waals surface area contributed by atoms with Crippen LogP contribution in [0.25, 0.3) is 0 Å². The molecular weight excluding hydrogens is 217 g/mol. The van der Waals surface area contributed by atoms with Gasteiger partial charge in [-0.05, 0) is 43.7 Å². The molecule has 1 aromatic rings. The molecule has 0 amide bonds. The van der Waals surface area contributed by atoms with Gasteiger partial charge in [-0.2, -0.15) is 0 Å². The van der Waals surface area contributed by atoms with Crippen LogP contribution < -0.4 is 0 Å². The number of halogens is 1. The smallest absolute Gasteiger partial charge is 0.164 e. The maximum Gasteiger partial charge on any atom is 0.164 e. The van der Waals surface area contributed by atoms with Crippen molar-refractivity contribution in [3.63, 3.8) is 0 Å². The summed E-state index contributed by atoms with van der Waals surface area (Å²) in [6, 6.07) is 6.49. The second-order valence-corrected chi connectivity index (χ2v) is 4.54. The normalized spacial score (nSPS) is 15.2. The van der Waals surface area contributed by atoms with Crippen molar-refractivity contribution in [3.05, 3.63) is 35.6 Å². The third-order valence-corrected chi connectivity index (χ3v) is 3.26. The van der Waals surface area contributed by atoms with E-state index in [1.54, 1.807) is 12.1 Å². The van der Waals surface area contributed by atoms with Crippen LogP contribution in [0.15, 0.2) is 24.3 Å². The summed E-state index contributed by atoms with van der Waals surface area (Å²) in [5.74, 6) is -0.196. The average Bonchev–Trinajstić information content (AvgIpc) is 3.15. The zero-order chi connectivity index (χ0) is 12.3. The Morgan fingerprint density at radius 3 is 2.53 bits per heavy atom. The van der Waals surface area contributed by atoms with Crippen LogP contribution in [0.3, 0.4) is 0 Å². The maximum atomic E-state index is 12.7. The fraction of sp³-hybridized carbons (Fsp3) is 0.500. The highest BCUT2D eigenvalue weighted by atomic mass is 19.1. The van der Waals surface area contributed by atoms with E-state index in [4.69, 9.17) is 0 Å². The minimum atomic E-state index is -0.297. The average molecular weight is 235 g/mol. The minimum Gasteiger partial charge on any atom is -0.300 e. The number of benzene rings is 1. The summed E-state index contributed by atoms with van der Waals surface area (Å²) < 4.78 is 12.7. The molecule has 92 valence electrons. The molecule has 1 aliphatic carbocycles. The Morgan fingerprint density at radius 2 is 2.00 bits per heavy atom. The minimum absolute atomic E-state index is 0.101. The largest absolute Gasteiger partial charge is 0.300 e. The van der Waals surface area contributed by atoms with Crippen molar-refractivity contribution in [1.29, 1.82) is 0 Å². The summed E-state index contributed by atoms with van der Waals surface area (Å²) in [5.41, 5.74) is 0.609. The van der Waals surface area contributed by atoms with Gasteiger partial charge in [-0.3, -0.25) is 4.79 Å². The summed E-state index contributed by atoms with van der Waals surface area (Å²) >= 11 is 0. The first-order chi connectivity index (χ1) is 8.20. The number of hydrogen-bond donors (Lipinski definition) is 0. The molecule has 0 bridgehead atoms. The molecule has 1 aromatic carbocycles. The summed E-state index contributed by atoms with van der Waals surface area (Å²) in [6.07, 6.45) is 3.05. The number of hydrogen-bond acceptors (Lipinski definition) is 2. The Bertz CT molecular complexity index is 384. The molecule has 0 atom stereocenters. The van der Waals surface area contributed by atoms with Gasteiger partial charge in [0.2, 0.25) is 0 Å². The van der Waals surface area contributed by atoms with Crippen molar-refractivity contribution >= 4 is 5.78 Å². The van der Waals surface area contributed by atoms with Crippen LogP contribution >= 0.6 is 0 Å². The summed E-state index contributed by atoms with van der Waals surface area (Å²) in [7, 11) is 0. The van der Waals surface area contributed by atoms with Gasteiger partial charge in [-0.1, -0.05) is 6.92 Å². The van der Waals surface area contributed by atoms with Crippen LogP contribution in [0.1, 0.15) is 36.5 Å². The topological polar surface area (TPSA) is 20.3 Å². The van der Waals surface area contributed by atoms with E-state index in [0.29, 0.717) is 18.0 Å². The van der Waals surface area contributed by atoms with Crippen LogP contribution in [-0.2, 0) is 0 Å². The van der Waals surface area contributed by atoms with Crippen molar-refractivity contribution in [2.45, 2.75) is 32.2 Å².